The molecule has 0 aliphatic heterocycles. The number of hydrogen-bond donors (Lipinski definition) is 2. The second-order valence-electron chi connectivity index (χ2n) is 7.79. The van der Waals surface area contributed by atoms with E-state index in [0.717, 1.165) is 38.0 Å². The average molecular weight is 492 g/mol. The molecule has 5 aromatic rings. The monoisotopic (exact) mass is 491 g/mol. The molecule has 0 spiro atoms. The number of thioether (sulfide) groups is 1. The first kappa shape index (κ1) is 22.3. The van der Waals surface area contributed by atoms with Gasteiger partial charge in [-0.1, -0.05) is 11.6 Å². The van der Waals surface area contributed by atoms with Gasteiger partial charge in [-0.3, -0.25) is 14.8 Å². The molecule has 0 aliphatic carbocycles. The molecule has 0 atom stereocenters. The summed E-state index contributed by atoms with van der Waals surface area (Å²) in [6, 6.07) is 10.8. The lowest BCUT2D eigenvalue weighted by Gasteiger charge is -2.09. The van der Waals surface area contributed by atoms with Crippen molar-refractivity contribution in [3.63, 3.8) is 0 Å². The van der Waals surface area contributed by atoms with Gasteiger partial charge in [-0.15, -0.1) is 11.8 Å². The van der Waals surface area contributed by atoms with Crippen LogP contribution in [0.4, 0.5) is 4.39 Å². The van der Waals surface area contributed by atoms with Crippen molar-refractivity contribution in [2.24, 2.45) is 0 Å². The SMILES string of the molecule is CSc1cc(Cc2cc(C(=O)NCc3cnc4[nH]cc(Cl)c4c3)ccn2)cc2cc(F)cnc12. The number of fused-ring (bicyclic) bond motifs is 2. The molecule has 4 heterocycles. The van der Waals surface area contributed by atoms with Crippen molar-refractivity contribution in [1.29, 1.82) is 0 Å². The first-order valence-corrected chi connectivity index (χ1v) is 12.1. The maximum absolute atomic E-state index is 13.7. The number of hydrogen-bond acceptors (Lipinski definition) is 5. The number of benzene rings is 1. The Morgan fingerprint density at radius 2 is 2.00 bits per heavy atom. The topological polar surface area (TPSA) is 83.6 Å². The Kier molecular flexibility index (Phi) is 6.17. The minimum atomic E-state index is -0.373. The van der Waals surface area contributed by atoms with E-state index in [4.69, 9.17) is 11.6 Å². The Balaban J connectivity index is 1.32. The number of H-pyrrole nitrogens is 1. The molecule has 5 rings (SSSR count). The van der Waals surface area contributed by atoms with Gasteiger partial charge < -0.3 is 10.3 Å². The summed E-state index contributed by atoms with van der Waals surface area (Å²) in [5.41, 5.74) is 4.54. The van der Waals surface area contributed by atoms with Gasteiger partial charge in [0.2, 0.25) is 0 Å². The van der Waals surface area contributed by atoms with Crippen molar-refractivity contribution >= 4 is 51.2 Å². The third kappa shape index (κ3) is 4.60. The standard InChI is InChI=1S/C25H19ClFN5OS/c1-34-22-7-14(4-17-8-18(27)12-29-23(17)22)5-19-9-16(2-3-28-19)25(33)32-11-15-6-20-21(26)13-31-24(20)30-10-15/h2-4,6-10,12-13H,5,11H2,1H3,(H,30,31)(H,32,33). The summed E-state index contributed by atoms with van der Waals surface area (Å²) in [7, 11) is 0. The first-order chi connectivity index (χ1) is 16.5. The summed E-state index contributed by atoms with van der Waals surface area (Å²) in [4.78, 5) is 29.7. The molecule has 170 valence electrons. The number of halogens is 2. The van der Waals surface area contributed by atoms with Crippen LogP contribution in [0.25, 0.3) is 21.9 Å². The zero-order chi connectivity index (χ0) is 23.7. The highest BCUT2D eigenvalue weighted by Gasteiger charge is 2.11. The first-order valence-electron chi connectivity index (χ1n) is 10.5. The second kappa shape index (κ2) is 9.40. The van der Waals surface area contributed by atoms with Gasteiger partial charge in [-0.25, -0.2) is 9.37 Å². The van der Waals surface area contributed by atoms with E-state index in [-0.39, 0.29) is 11.7 Å². The molecule has 0 fully saturated rings. The smallest absolute Gasteiger partial charge is 0.251 e. The number of amides is 1. The quantitative estimate of drug-likeness (QED) is 0.305. The third-order valence-corrected chi connectivity index (χ3v) is 6.51. The molecule has 1 amide bonds. The van der Waals surface area contributed by atoms with E-state index in [2.05, 4.69) is 25.3 Å². The number of aromatic nitrogens is 4. The Hall–Kier alpha value is -3.49. The predicted molar refractivity (Wildman–Crippen MR) is 133 cm³/mol. The van der Waals surface area contributed by atoms with E-state index in [0.29, 0.717) is 29.2 Å². The summed E-state index contributed by atoms with van der Waals surface area (Å²) in [5, 5.41) is 5.06. The van der Waals surface area contributed by atoms with Gasteiger partial charge in [0, 0.05) is 58.5 Å². The Labute approximate surface area is 204 Å². The summed E-state index contributed by atoms with van der Waals surface area (Å²) in [6.07, 6.45) is 8.71. The zero-order valence-corrected chi connectivity index (χ0v) is 19.7. The number of carbonyl (C=O) groups is 1. The highest BCUT2D eigenvalue weighted by molar-refractivity contribution is 7.98. The summed E-state index contributed by atoms with van der Waals surface area (Å²) in [5.74, 6) is -0.583. The van der Waals surface area contributed by atoms with Gasteiger partial charge in [0.1, 0.15) is 11.5 Å². The Morgan fingerprint density at radius 3 is 2.85 bits per heavy atom. The van der Waals surface area contributed by atoms with Crippen LogP contribution in [0.5, 0.6) is 0 Å². The van der Waals surface area contributed by atoms with Crippen molar-refractivity contribution in [2.75, 3.05) is 6.26 Å². The molecule has 34 heavy (non-hydrogen) atoms. The molecule has 0 unspecified atom stereocenters. The molecule has 0 saturated carbocycles. The van der Waals surface area contributed by atoms with Crippen LogP contribution >= 0.6 is 23.4 Å². The lowest BCUT2D eigenvalue weighted by atomic mass is 10.0. The third-order valence-electron chi connectivity index (χ3n) is 5.45. The van der Waals surface area contributed by atoms with Crippen LogP contribution < -0.4 is 5.32 Å². The van der Waals surface area contributed by atoms with E-state index < -0.39 is 0 Å². The fraction of sp³-hybridized carbons (Fsp3) is 0.120. The van der Waals surface area contributed by atoms with E-state index in [9.17, 15) is 9.18 Å². The Morgan fingerprint density at radius 1 is 1.12 bits per heavy atom. The van der Waals surface area contributed by atoms with Crippen molar-refractivity contribution in [1.82, 2.24) is 25.3 Å². The zero-order valence-electron chi connectivity index (χ0n) is 18.1. The normalized spacial score (nSPS) is 11.3. The second-order valence-corrected chi connectivity index (χ2v) is 9.05. The summed E-state index contributed by atoms with van der Waals surface area (Å²) < 4.78 is 13.7. The van der Waals surface area contributed by atoms with Gasteiger partial charge in [-0.2, -0.15) is 0 Å². The van der Waals surface area contributed by atoms with Crippen molar-refractivity contribution in [3.8, 4) is 0 Å². The number of nitrogens with one attached hydrogen (secondary N) is 2. The Bertz CT molecular complexity index is 1540. The van der Waals surface area contributed by atoms with E-state index >= 15 is 0 Å². The fourth-order valence-corrected chi connectivity index (χ4v) is 4.66. The van der Waals surface area contributed by atoms with Crippen LogP contribution in [-0.2, 0) is 13.0 Å². The highest BCUT2D eigenvalue weighted by Crippen LogP contribution is 2.28. The van der Waals surface area contributed by atoms with Gasteiger partial charge in [-0.05, 0) is 53.8 Å². The van der Waals surface area contributed by atoms with Crippen LogP contribution in [0.1, 0.15) is 27.2 Å². The molecule has 2 N–H and O–H groups in total. The fourth-order valence-electron chi connectivity index (χ4n) is 3.83. The molecular weight excluding hydrogens is 473 g/mol. The van der Waals surface area contributed by atoms with E-state index in [1.54, 1.807) is 42.5 Å². The summed E-state index contributed by atoms with van der Waals surface area (Å²) >= 11 is 7.72. The largest absolute Gasteiger partial charge is 0.348 e. The lowest BCUT2D eigenvalue weighted by molar-refractivity contribution is 0.0950. The van der Waals surface area contributed by atoms with Gasteiger partial charge in [0.05, 0.1) is 16.7 Å². The van der Waals surface area contributed by atoms with Crippen LogP contribution in [0.3, 0.4) is 0 Å². The van der Waals surface area contributed by atoms with Crippen LogP contribution in [0.15, 0.2) is 66.1 Å². The molecule has 0 aliphatic rings. The van der Waals surface area contributed by atoms with Gasteiger partial charge in [0.25, 0.3) is 5.91 Å². The van der Waals surface area contributed by atoms with Crippen molar-refractivity contribution < 1.29 is 9.18 Å². The molecule has 9 heteroatoms. The maximum atomic E-state index is 13.7. The molecule has 6 nitrogen and oxygen atoms in total. The van der Waals surface area contributed by atoms with Crippen LogP contribution in [0.2, 0.25) is 5.02 Å². The van der Waals surface area contributed by atoms with Crippen LogP contribution in [-0.4, -0.2) is 32.1 Å². The number of aromatic amines is 1. The number of rotatable bonds is 6. The average Bonchev–Trinajstić information content (AvgIpc) is 3.22. The molecule has 1 aromatic carbocycles. The highest BCUT2D eigenvalue weighted by atomic mass is 35.5. The minimum Gasteiger partial charge on any atom is -0.348 e. The predicted octanol–water partition coefficient (Wildman–Crippen LogP) is 5.54. The molecular formula is C25H19ClFN5OS. The number of pyridine rings is 3. The number of carbonyl (C=O) groups excluding carboxylic acids is 1. The van der Waals surface area contributed by atoms with Crippen LogP contribution in [0, 0.1) is 5.82 Å². The minimum absolute atomic E-state index is 0.210. The van der Waals surface area contributed by atoms with Crippen molar-refractivity contribution in [2.45, 2.75) is 17.9 Å². The van der Waals surface area contributed by atoms with Gasteiger partial charge >= 0.3 is 0 Å². The molecule has 4 aromatic heterocycles. The maximum Gasteiger partial charge on any atom is 0.251 e. The summed E-state index contributed by atoms with van der Waals surface area (Å²) in [6.45, 7) is 0.321. The van der Waals surface area contributed by atoms with E-state index in [1.807, 2.05) is 24.5 Å². The van der Waals surface area contributed by atoms with E-state index in [1.165, 1.54) is 12.3 Å². The molecule has 0 radical (unpaired) electrons. The lowest BCUT2D eigenvalue weighted by Crippen LogP contribution is -2.23. The molecule has 0 bridgehead atoms. The van der Waals surface area contributed by atoms with Gasteiger partial charge in [0.15, 0.2) is 0 Å². The molecule has 0 saturated heterocycles. The van der Waals surface area contributed by atoms with Crippen molar-refractivity contribution in [3.05, 3.63) is 94.4 Å². The number of nitrogens with zero attached hydrogens (tertiary/aromatic N) is 3.